The largest absolute Gasteiger partial charge is 0.435 e. The molecule has 0 amide bonds. The van der Waals surface area contributed by atoms with Crippen molar-refractivity contribution in [1.82, 2.24) is 4.98 Å². The third-order valence-corrected chi connectivity index (χ3v) is 7.21. The summed E-state index contributed by atoms with van der Waals surface area (Å²) in [7, 11) is 0. The first-order valence-corrected chi connectivity index (χ1v) is 11.7. The van der Waals surface area contributed by atoms with E-state index in [-0.39, 0.29) is 17.1 Å². The highest BCUT2D eigenvalue weighted by Gasteiger charge is 2.33. The van der Waals surface area contributed by atoms with Crippen LogP contribution >= 0.6 is 11.3 Å². The highest BCUT2D eigenvalue weighted by molar-refractivity contribution is 7.19. The van der Waals surface area contributed by atoms with Crippen molar-refractivity contribution in [3.8, 4) is 11.5 Å². The van der Waals surface area contributed by atoms with Gasteiger partial charge < -0.3 is 4.42 Å². The number of hydrogen-bond donors (Lipinski definition) is 0. The monoisotopic (exact) mass is 457 g/mol. The van der Waals surface area contributed by atoms with Gasteiger partial charge in [0.25, 0.3) is 0 Å². The second kappa shape index (κ2) is 7.07. The van der Waals surface area contributed by atoms with Gasteiger partial charge in [-0.2, -0.15) is 4.98 Å². The smallest absolute Gasteiger partial charge is 0.228 e. The number of carbonyl (C=O) groups is 2. The van der Waals surface area contributed by atoms with Gasteiger partial charge in [0, 0.05) is 27.6 Å². The Morgan fingerprint density at radius 1 is 0.706 bits per heavy atom. The number of Topliss-reactive ketones (excluding diaryl/α,β-unsaturated/α-hetero) is 2. The lowest BCUT2D eigenvalue weighted by Gasteiger charge is -2.00. The minimum atomic E-state index is -0.236. The van der Waals surface area contributed by atoms with Gasteiger partial charge in [0.05, 0.1) is 5.57 Å². The zero-order chi connectivity index (χ0) is 22.8. The van der Waals surface area contributed by atoms with E-state index in [1.165, 1.54) is 11.3 Å². The Kier molecular flexibility index (Phi) is 3.98. The molecule has 0 unspecified atom stereocenters. The minimum absolute atomic E-state index is 0.184. The minimum Gasteiger partial charge on any atom is -0.435 e. The summed E-state index contributed by atoms with van der Waals surface area (Å²) < 4.78 is 6.02. The number of thiophene rings is 1. The van der Waals surface area contributed by atoms with E-state index in [4.69, 9.17) is 4.42 Å². The molecule has 7 rings (SSSR count). The summed E-state index contributed by atoms with van der Waals surface area (Å²) in [5.41, 5.74) is 2.66. The second-order valence-electron chi connectivity index (χ2n) is 8.36. The lowest BCUT2D eigenvalue weighted by Crippen LogP contribution is -1.99. The Hall–Kier alpha value is -4.35. The van der Waals surface area contributed by atoms with Gasteiger partial charge >= 0.3 is 0 Å². The molecule has 1 aliphatic rings. The molecule has 160 valence electrons. The van der Waals surface area contributed by atoms with Gasteiger partial charge in [-0.1, -0.05) is 54.6 Å². The number of nitrogens with zero attached hydrogens (tertiary/aromatic N) is 1. The van der Waals surface area contributed by atoms with Gasteiger partial charge in [0.1, 0.15) is 0 Å². The van der Waals surface area contributed by atoms with Crippen molar-refractivity contribution in [2.24, 2.45) is 0 Å². The number of ketones is 2. The molecule has 0 fully saturated rings. The highest BCUT2D eigenvalue weighted by Crippen LogP contribution is 2.35. The third kappa shape index (κ3) is 2.87. The lowest BCUT2D eigenvalue weighted by molar-refractivity contribution is 0.0990. The molecular weight excluding hydrogens is 442 g/mol. The normalized spacial score (nSPS) is 13.4. The summed E-state index contributed by atoms with van der Waals surface area (Å²) in [6.45, 7) is 0. The van der Waals surface area contributed by atoms with E-state index in [2.05, 4.69) is 29.2 Å². The first-order valence-electron chi connectivity index (χ1n) is 10.9. The summed E-state index contributed by atoms with van der Waals surface area (Å²) in [5, 5.41) is 4.18. The fraction of sp³-hybridized carbons (Fsp3) is 0. The SMILES string of the molecule is O=C1C(=Cc2cc3oc(-c4ccc5ccccc5c4)nc3s2)C(=O)c2cc3ccccc3cc21. The molecule has 2 aromatic heterocycles. The molecule has 0 N–H and O–H groups in total. The average Bonchev–Trinajstić information content (AvgIpc) is 3.50. The van der Waals surface area contributed by atoms with E-state index >= 15 is 0 Å². The number of rotatable bonds is 2. The fourth-order valence-electron chi connectivity index (χ4n) is 4.55. The predicted octanol–water partition coefficient (Wildman–Crippen LogP) is 7.33. The molecule has 0 atom stereocenters. The molecule has 6 aromatic rings. The zero-order valence-electron chi connectivity index (χ0n) is 17.7. The van der Waals surface area contributed by atoms with Crippen molar-refractivity contribution < 1.29 is 14.0 Å². The number of fused-ring (bicyclic) bond motifs is 4. The first kappa shape index (κ1) is 19.1. The van der Waals surface area contributed by atoms with Gasteiger partial charge in [0.15, 0.2) is 22.0 Å². The van der Waals surface area contributed by atoms with Crippen LogP contribution in [0.25, 0.3) is 49.5 Å². The number of aromatic nitrogens is 1. The molecule has 0 spiro atoms. The van der Waals surface area contributed by atoms with Crippen LogP contribution < -0.4 is 0 Å². The summed E-state index contributed by atoms with van der Waals surface area (Å²) >= 11 is 1.40. The third-order valence-electron chi connectivity index (χ3n) is 6.26. The Morgan fingerprint density at radius 3 is 1.97 bits per heavy atom. The van der Waals surface area contributed by atoms with Gasteiger partial charge in [-0.15, -0.1) is 11.3 Å². The molecule has 0 radical (unpaired) electrons. The lowest BCUT2D eigenvalue weighted by atomic mass is 10.0. The van der Waals surface area contributed by atoms with Crippen LogP contribution in [0.1, 0.15) is 25.6 Å². The maximum Gasteiger partial charge on any atom is 0.228 e. The molecule has 34 heavy (non-hydrogen) atoms. The topological polar surface area (TPSA) is 60.2 Å². The van der Waals surface area contributed by atoms with Gasteiger partial charge in [-0.05, 0) is 51.9 Å². The van der Waals surface area contributed by atoms with Crippen molar-refractivity contribution in [1.29, 1.82) is 0 Å². The molecule has 0 aliphatic heterocycles. The Balaban J connectivity index is 1.25. The van der Waals surface area contributed by atoms with Crippen LogP contribution in [0.15, 0.2) is 94.9 Å². The van der Waals surface area contributed by atoms with Gasteiger partial charge in [-0.25, -0.2) is 0 Å². The number of oxazole rings is 1. The summed E-state index contributed by atoms with van der Waals surface area (Å²) in [5.74, 6) is 0.0829. The number of benzene rings is 4. The molecule has 1 aliphatic carbocycles. The zero-order valence-corrected chi connectivity index (χ0v) is 18.6. The molecule has 0 saturated carbocycles. The van der Waals surface area contributed by atoms with Crippen molar-refractivity contribution >= 4 is 60.9 Å². The number of carbonyl (C=O) groups excluding carboxylic acids is 2. The van der Waals surface area contributed by atoms with Crippen LogP contribution in [0.4, 0.5) is 0 Å². The van der Waals surface area contributed by atoms with Crippen molar-refractivity contribution in [3.05, 3.63) is 107 Å². The quantitative estimate of drug-likeness (QED) is 0.202. The fourth-order valence-corrected chi connectivity index (χ4v) is 5.45. The molecule has 4 nitrogen and oxygen atoms in total. The van der Waals surface area contributed by atoms with Crippen LogP contribution in [-0.4, -0.2) is 16.6 Å². The predicted molar refractivity (Wildman–Crippen MR) is 135 cm³/mol. The summed E-state index contributed by atoms with van der Waals surface area (Å²) in [4.78, 5) is 32.2. The molecule has 0 saturated heterocycles. The Bertz CT molecular complexity index is 1770. The van der Waals surface area contributed by atoms with Gasteiger partial charge in [-0.3, -0.25) is 9.59 Å². The van der Waals surface area contributed by atoms with Crippen molar-refractivity contribution in [2.75, 3.05) is 0 Å². The maximum atomic E-state index is 13.0. The van der Waals surface area contributed by atoms with E-state index in [9.17, 15) is 9.59 Å². The molecule has 5 heteroatoms. The molecule has 0 bridgehead atoms. The average molecular weight is 458 g/mol. The van der Waals surface area contributed by atoms with E-state index in [1.54, 1.807) is 6.08 Å². The van der Waals surface area contributed by atoms with Crippen LogP contribution in [0.2, 0.25) is 0 Å². The van der Waals surface area contributed by atoms with Crippen LogP contribution in [0.5, 0.6) is 0 Å². The Morgan fingerprint density at radius 2 is 1.32 bits per heavy atom. The Labute approximate surface area is 197 Å². The maximum absolute atomic E-state index is 13.0. The number of hydrogen-bond acceptors (Lipinski definition) is 5. The first-order chi connectivity index (χ1) is 16.6. The van der Waals surface area contributed by atoms with Gasteiger partial charge in [0.2, 0.25) is 5.89 Å². The van der Waals surface area contributed by atoms with Crippen LogP contribution in [-0.2, 0) is 0 Å². The standard InChI is InChI=1S/C29H15NO3S/c31-26-22-12-18-7-3-4-8-19(18)13-23(22)27(32)24(26)14-21-15-25-29(34-21)30-28(33-25)20-10-9-16-5-1-2-6-17(16)11-20/h1-15H. The van der Waals surface area contributed by atoms with Crippen molar-refractivity contribution in [3.63, 3.8) is 0 Å². The van der Waals surface area contributed by atoms with E-state index in [0.717, 1.165) is 36.8 Å². The van der Waals surface area contributed by atoms with E-state index in [0.29, 0.717) is 22.6 Å². The van der Waals surface area contributed by atoms with Crippen LogP contribution in [0, 0.1) is 0 Å². The van der Waals surface area contributed by atoms with E-state index in [1.807, 2.05) is 60.7 Å². The highest BCUT2D eigenvalue weighted by atomic mass is 32.1. The number of allylic oxidation sites excluding steroid dienone is 1. The summed E-state index contributed by atoms with van der Waals surface area (Å²) in [6, 6.07) is 27.5. The molecule has 2 heterocycles. The summed E-state index contributed by atoms with van der Waals surface area (Å²) in [6.07, 6.45) is 1.66. The van der Waals surface area contributed by atoms with E-state index < -0.39 is 0 Å². The second-order valence-corrected chi connectivity index (χ2v) is 9.42. The molecule has 4 aromatic carbocycles. The van der Waals surface area contributed by atoms with Crippen LogP contribution in [0.3, 0.4) is 0 Å². The molecular formula is C29H15NO3S. The van der Waals surface area contributed by atoms with Crippen molar-refractivity contribution in [2.45, 2.75) is 0 Å².